The van der Waals surface area contributed by atoms with Gasteiger partial charge in [0.15, 0.2) is 0 Å². The second kappa shape index (κ2) is 5.11. The minimum absolute atomic E-state index is 0.0509. The van der Waals surface area contributed by atoms with Crippen LogP contribution in [0.3, 0.4) is 0 Å². The lowest BCUT2D eigenvalue weighted by atomic mass is 10.3. The molecule has 1 aromatic rings. The molecule has 0 radical (unpaired) electrons. The molecule has 3 N–H and O–H groups in total. The summed E-state index contributed by atoms with van der Waals surface area (Å²) >= 11 is 6.52. The van der Waals surface area contributed by atoms with E-state index in [2.05, 4.69) is 43.5 Å². The highest BCUT2D eigenvalue weighted by atomic mass is 79.9. The third-order valence-electron chi connectivity index (χ3n) is 3.06. The van der Waals surface area contributed by atoms with E-state index >= 15 is 0 Å². The van der Waals surface area contributed by atoms with E-state index in [9.17, 15) is 8.42 Å². The van der Waals surface area contributed by atoms with Gasteiger partial charge in [0.05, 0.1) is 5.69 Å². The Morgan fingerprint density at radius 3 is 2.61 bits per heavy atom. The quantitative estimate of drug-likeness (QED) is 0.767. The van der Waals surface area contributed by atoms with Gasteiger partial charge in [0.1, 0.15) is 4.90 Å². The minimum Gasteiger partial charge on any atom is -0.398 e. The number of hydrogen-bond donors (Lipinski definition) is 2. The molecule has 1 fully saturated rings. The summed E-state index contributed by atoms with van der Waals surface area (Å²) in [5.41, 5.74) is 6.03. The first kappa shape index (κ1) is 14.3. The van der Waals surface area contributed by atoms with E-state index in [0.29, 0.717) is 10.4 Å². The van der Waals surface area contributed by atoms with Gasteiger partial charge in [0.25, 0.3) is 0 Å². The molecule has 0 saturated heterocycles. The molecular formula is C11H14Br2N2O2S. The molecule has 2 atom stereocenters. The Labute approximate surface area is 124 Å². The molecule has 1 aliphatic carbocycles. The average Bonchev–Trinajstić information content (AvgIpc) is 2.92. The third-order valence-corrected chi connectivity index (χ3v) is 6.01. The molecule has 100 valence electrons. The molecule has 7 heteroatoms. The average molecular weight is 398 g/mol. The topological polar surface area (TPSA) is 72.2 Å². The standard InChI is InChI=1S/C11H14Br2N2O2S/c1-2-6-3-10(6)15-18(16,17)11-8(13)4-7(12)5-9(11)14/h4-6,10,15H,2-3,14H2,1H3. The van der Waals surface area contributed by atoms with Crippen LogP contribution < -0.4 is 10.5 Å². The van der Waals surface area contributed by atoms with E-state index in [1.165, 1.54) is 0 Å². The van der Waals surface area contributed by atoms with Gasteiger partial charge in [0, 0.05) is 15.0 Å². The number of sulfonamides is 1. The highest BCUT2D eigenvalue weighted by molar-refractivity contribution is 9.11. The van der Waals surface area contributed by atoms with E-state index in [1.807, 2.05) is 0 Å². The molecule has 0 aromatic heterocycles. The van der Waals surface area contributed by atoms with Crippen molar-refractivity contribution in [2.24, 2.45) is 5.92 Å². The van der Waals surface area contributed by atoms with E-state index in [0.717, 1.165) is 17.3 Å². The Kier molecular flexibility index (Phi) is 4.06. The summed E-state index contributed by atoms with van der Waals surface area (Å²) in [6.07, 6.45) is 1.90. The van der Waals surface area contributed by atoms with Crippen LogP contribution in [0.15, 0.2) is 26.0 Å². The van der Waals surface area contributed by atoms with Crippen molar-refractivity contribution in [3.8, 4) is 0 Å². The van der Waals surface area contributed by atoms with E-state index in [1.54, 1.807) is 12.1 Å². The molecule has 0 amide bonds. The Balaban J connectivity index is 2.30. The number of nitrogen functional groups attached to an aromatic ring is 1. The number of nitrogens with two attached hydrogens (primary N) is 1. The van der Waals surface area contributed by atoms with Crippen molar-refractivity contribution in [3.05, 3.63) is 21.1 Å². The Bertz CT molecular complexity index is 551. The van der Waals surface area contributed by atoms with Gasteiger partial charge in [-0.25, -0.2) is 13.1 Å². The van der Waals surface area contributed by atoms with Crippen LogP contribution >= 0.6 is 31.9 Å². The molecule has 0 bridgehead atoms. The maximum absolute atomic E-state index is 12.3. The Hall–Kier alpha value is -0.110. The van der Waals surface area contributed by atoms with Crippen LogP contribution in [0.2, 0.25) is 0 Å². The van der Waals surface area contributed by atoms with E-state index < -0.39 is 10.0 Å². The summed E-state index contributed by atoms with van der Waals surface area (Å²) in [7, 11) is -3.56. The largest absolute Gasteiger partial charge is 0.398 e. The van der Waals surface area contributed by atoms with Crippen molar-refractivity contribution < 1.29 is 8.42 Å². The molecule has 1 aromatic carbocycles. The van der Waals surface area contributed by atoms with Crippen LogP contribution in [0.4, 0.5) is 5.69 Å². The van der Waals surface area contributed by atoms with E-state index in [-0.39, 0.29) is 16.6 Å². The molecule has 2 unspecified atom stereocenters. The molecule has 4 nitrogen and oxygen atoms in total. The van der Waals surface area contributed by atoms with Gasteiger partial charge in [-0.15, -0.1) is 0 Å². The van der Waals surface area contributed by atoms with Gasteiger partial charge in [-0.3, -0.25) is 0 Å². The van der Waals surface area contributed by atoms with Crippen molar-refractivity contribution in [1.82, 2.24) is 4.72 Å². The fourth-order valence-electron chi connectivity index (χ4n) is 1.97. The van der Waals surface area contributed by atoms with Crippen molar-refractivity contribution in [2.45, 2.75) is 30.7 Å². The van der Waals surface area contributed by atoms with Crippen molar-refractivity contribution in [1.29, 1.82) is 0 Å². The smallest absolute Gasteiger partial charge is 0.244 e. The number of rotatable bonds is 4. The molecule has 0 aliphatic heterocycles. The van der Waals surface area contributed by atoms with Crippen LogP contribution in [-0.4, -0.2) is 14.5 Å². The molecule has 0 heterocycles. The second-order valence-electron chi connectivity index (χ2n) is 4.44. The van der Waals surface area contributed by atoms with Crippen molar-refractivity contribution in [2.75, 3.05) is 5.73 Å². The van der Waals surface area contributed by atoms with Gasteiger partial charge in [-0.05, 0) is 40.4 Å². The number of nitrogens with one attached hydrogen (secondary N) is 1. The summed E-state index contributed by atoms with van der Waals surface area (Å²) in [5.74, 6) is 0.454. The summed E-state index contributed by atoms with van der Waals surface area (Å²) in [6, 6.07) is 3.31. The first-order chi connectivity index (χ1) is 8.35. The Morgan fingerprint density at radius 2 is 2.11 bits per heavy atom. The van der Waals surface area contributed by atoms with Gasteiger partial charge in [-0.2, -0.15) is 0 Å². The first-order valence-corrected chi connectivity index (χ1v) is 8.69. The maximum atomic E-state index is 12.3. The lowest BCUT2D eigenvalue weighted by Crippen LogP contribution is -2.28. The van der Waals surface area contributed by atoms with Gasteiger partial charge >= 0.3 is 0 Å². The van der Waals surface area contributed by atoms with Crippen molar-refractivity contribution >= 4 is 47.6 Å². The predicted octanol–water partition coefficient (Wildman–Crippen LogP) is 2.87. The van der Waals surface area contributed by atoms with Gasteiger partial charge in [0.2, 0.25) is 10.0 Å². The van der Waals surface area contributed by atoms with Crippen LogP contribution in [0, 0.1) is 5.92 Å². The van der Waals surface area contributed by atoms with Crippen LogP contribution in [0.5, 0.6) is 0 Å². The molecular weight excluding hydrogens is 384 g/mol. The number of benzene rings is 1. The maximum Gasteiger partial charge on any atom is 0.244 e. The van der Waals surface area contributed by atoms with E-state index in [4.69, 9.17) is 5.73 Å². The highest BCUT2D eigenvalue weighted by Crippen LogP contribution is 2.37. The SMILES string of the molecule is CCC1CC1NS(=O)(=O)c1c(N)cc(Br)cc1Br. The minimum atomic E-state index is -3.56. The number of halogens is 2. The normalized spacial score (nSPS) is 23.1. The zero-order valence-electron chi connectivity index (χ0n) is 9.78. The zero-order chi connectivity index (χ0) is 13.5. The lowest BCUT2D eigenvalue weighted by molar-refractivity contribution is 0.576. The lowest BCUT2D eigenvalue weighted by Gasteiger charge is -2.11. The summed E-state index contributed by atoms with van der Waals surface area (Å²) in [4.78, 5) is 0.118. The number of anilines is 1. The molecule has 1 aliphatic rings. The second-order valence-corrected chi connectivity index (χ2v) is 7.86. The van der Waals surface area contributed by atoms with Crippen LogP contribution in [-0.2, 0) is 10.0 Å². The fourth-order valence-corrected chi connectivity index (χ4v) is 5.35. The van der Waals surface area contributed by atoms with Crippen LogP contribution in [0.1, 0.15) is 19.8 Å². The summed E-state index contributed by atoms with van der Waals surface area (Å²) in [6.45, 7) is 2.06. The summed E-state index contributed by atoms with van der Waals surface area (Å²) < 4.78 is 28.4. The highest BCUT2D eigenvalue weighted by Gasteiger charge is 2.39. The van der Waals surface area contributed by atoms with Gasteiger partial charge < -0.3 is 5.73 Å². The Morgan fingerprint density at radius 1 is 1.44 bits per heavy atom. The van der Waals surface area contributed by atoms with Crippen molar-refractivity contribution in [3.63, 3.8) is 0 Å². The predicted molar refractivity (Wildman–Crippen MR) is 78.8 cm³/mol. The van der Waals surface area contributed by atoms with Crippen LogP contribution in [0.25, 0.3) is 0 Å². The molecule has 18 heavy (non-hydrogen) atoms. The third kappa shape index (κ3) is 2.89. The number of hydrogen-bond acceptors (Lipinski definition) is 3. The monoisotopic (exact) mass is 396 g/mol. The zero-order valence-corrected chi connectivity index (χ0v) is 13.8. The molecule has 1 saturated carbocycles. The molecule has 2 rings (SSSR count). The van der Waals surface area contributed by atoms with Gasteiger partial charge in [-0.1, -0.05) is 29.3 Å². The molecule has 0 spiro atoms. The summed E-state index contributed by atoms with van der Waals surface area (Å²) in [5, 5.41) is 0. The first-order valence-electron chi connectivity index (χ1n) is 5.62. The fraction of sp³-hybridized carbons (Fsp3) is 0.455.